The third kappa shape index (κ3) is 3.23. The second kappa shape index (κ2) is 6.52. The first kappa shape index (κ1) is 13.8. The summed E-state index contributed by atoms with van der Waals surface area (Å²) in [4.78, 5) is 14.0. The Kier molecular flexibility index (Phi) is 5.00. The molecule has 2 rings (SSSR count). The van der Waals surface area contributed by atoms with Crippen molar-refractivity contribution in [3.63, 3.8) is 0 Å². The lowest BCUT2D eigenvalue weighted by molar-refractivity contribution is -0.118. The molecule has 0 aromatic heterocycles. The van der Waals surface area contributed by atoms with Crippen LogP contribution in [0.5, 0.6) is 0 Å². The van der Waals surface area contributed by atoms with Crippen LogP contribution in [0.4, 0.5) is 5.69 Å². The van der Waals surface area contributed by atoms with Crippen LogP contribution in [0.3, 0.4) is 0 Å². The number of anilines is 1. The Morgan fingerprint density at radius 1 is 1.39 bits per heavy atom. The molecule has 0 saturated heterocycles. The topological polar surface area (TPSA) is 29.5 Å². The first-order valence-corrected chi connectivity index (χ1v) is 7.46. The lowest BCUT2D eigenvalue weighted by Crippen LogP contribution is -2.33. The van der Waals surface area contributed by atoms with Crippen molar-refractivity contribution in [1.82, 2.24) is 0 Å². The number of hydrogen-bond acceptors (Lipinski definition) is 2. The fourth-order valence-corrected chi connectivity index (χ4v) is 2.82. The number of hydrogen-bond donors (Lipinski definition) is 0. The van der Waals surface area contributed by atoms with Crippen LogP contribution in [0.15, 0.2) is 18.2 Å². The van der Waals surface area contributed by atoms with E-state index >= 15 is 0 Å². The number of halogens is 1. The fourth-order valence-electron chi connectivity index (χ4n) is 2.26. The number of rotatable bonds is 4. The molecule has 1 aromatic carbocycles. The van der Waals surface area contributed by atoms with Crippen LogP contribution in [-0.4, -0.2) is 25.7 Å². The summed E-state index contributed by atoms with van der Waals surface area (Å²) in [6.07, 6.45) is 2.57. The first-order valence-electron chi connectivity index (χ1n) is 6.39. The number of carbonyl (C=O) groups excluding carboxylic acids is 1. The summed E-state index contributed by atoms with van der Waals surface area (Å²) in [6, 6.07) is 6.31. The molecule has 0 N–H and O–H groups in total. The minimum atomic E-state index is 0.217. The van der Waals surface area contributed by atoms with E-state index in [0.29, 0.717) is 26.2 Å². The SMILES string of the molecule is CCOCCN1C(=O)CCCc2cc(I)ccc21. The number of aryl methyl sites for hydroxylation is 1. The van der Waals surface area contributed by atoms with Crippen molar-refractivity contribution in [2.24, 2.45) is 0 Å². The summed E-state index contributed by atoms with van der Waals surface area (Å²) >= 11 is 2.32. The van der Waals surface area contributed by atoms with Crippen LogP contribution in [0.25, 0.3) is 0 Å². The van der Waals surface area contributed by atoms with Crippen LogP contribution in [0.2, 0.25) is 0 Å². The van der Waals surface area contributed by atoms with E-state index in [1.165, 1.54) is 9.13 Å². The van der Waals surface area contributed by atoms with Gasteiger partial charge in [-0.25, -0.2) is 0 Å². The Hall–Kier alpha value is -0.620. The highest BCUT2D eigenvalue weighted by atomic mass is 127. The van der Waals surface area contributed by atoms with E-state index in [0.717, 1.165) is 18.5 Å². The Balaban J connectivity index is 2.23. The molecule has 18 heavy (non-hydrogen) atoms. The molecule has 0 unspecified atom stereocenters. The fraction of sp³-hybridized carbons (Fsp3) is 0.500. The van der Waals surface area contributed by atoms with E-state index in [1.54, 1.807) is 0 Å². The summed E-state index contributed by atoms with van der Waals surface area (Å²) in [6.45, 7) is 3.93. The highest BCUT2D eigenvalue weighted by molar-refractivity contribution is 14.1. The van der Waals surface area contributed by atoms with Gasteiger partial charge >= 0.3 is 0 Å². The molecular weight excluding hydrogens is 341 g/mol. The maximum atomic E-state index is 12.1. The zero-order valence-electron chi connectivity index (χ0n) is 10.6. The molecule has 0 aliphatic carbocycles. The molecule has 1 aliphatic heterocycles. The molecule has 1 aromatic rings. The molecule has 0 spiro atoms. The van der Waals surface area contributed by atoms with Crippen molar-refractivity contribution < 1.29 is 9.53 Å². The zero-order valence-corrected chi connectivity index (χ0v) is 12.8. The van der Waals surface area contributed by atoms with Gasteiger partial charge in [-0.2, -0.15) is 0 Å². The molecule has 1 amide bonds. The van der Waals surface area contributed by atoms with Crippen molar-refractivity contribution in [3.05, 3.63) is 27.3 Å². The Labute approximate surface area is 122 Å². The van der Waals surface area contributed by atoms with Gasteiger partial charge in [-0.1, -0.05) is 0 Å². The molecule has 1 heterocycles. The van der Waals surface area contributed by atoms with Crippen LogP contribution < -0.4 is 4.90 Å². The Bertz CT molecular complexity index is 434. The standard InChI is InChI=1S/C14H18INO2/c1-2-18-9-8-16-13-7-6-12(15)10-11(13)4-3-5-14(16)17/h6-7,10H,2-5,8-9H2,1H3. The number of amides is 1. The molecule has 0 saturated carbocycles. The number of benzene rings is 1. The summed E-state index contributed by atoms with van der Waals surface area (Å²) < 4.78 is 6.60. The lowest BCUT2D eigenvalue weighted by atomic mass is 10.1. The molecule has 0 radical (unpaired) electrons. The second-order valence-electron chi connectivity index (χ2n) is 4.37. The predicted molar refractivity (Wildman–Crippen MR) is 80.9 cm³/mol. The van der Waals surface area contributed by atoms with Gasteiger partial charge in [-0.15, -0.1) is 0 Å². The monoisotopic (exact) mass is 359 g/mol. The Morgan fingerprint density at radius 3 is 3.00 bits per heavy atom. The van der Waals surface area contributed by atoms with Crippen LogP contribution in [0.1, 0.15) is 25.3 Å². The maximum Gasteiger partial charge on any atom is 0.227 e. The predicted octanol–water partition coefficient (Wildman–Crippen LogP) is 3.00. The third-order valence-corrected chi connectivity index (χ3v) is 3.80. The maximum absolute atomic E-state index is 12.1. The van der Waals surface area contributed by atoms with Gasteiger partial charge in [-0.05, 0) is 66.1 Å². The molecule has 0 fully saturated rings. The van der Waals surface area contributed by atoms with Gasteiger partial charge in [-0.3, -0.25) is 4.79 Å². The molecule has 3 nitrogen and oxygen atoms in total. The van der Waals surface area contributed by atoms with Crippen LogP contribution in [-0.2, 0) is 16.0 Å². The number of ether oxygens (including phenoxy) is 1. The minimum Gasteiger partial charge on any atom is -0.380 e. The highest BCUT2D eigenvalue weighted by Crippen LogP contribution is 2.28. The second-order valence-corrected chi connectivity index (χ2v) is 5.61. The molecule has 98 valence electrons. The first-order chi connectivity index (χ1) is 8.72. The number of nitrogens with zero attached hydrogens (tertiary/aromatic N) is 1. The highest BCUT2D eigenvalue weighted by Gasteiger charge is 2.21. The summed E-state index contributed by atoms with van der Waals surface area (Å²) in [5.74, 6) is 0.217. The van der Waals surface area contributed by atoms with Crippen LogP contribution in [0, 0.1) is 3.57 Å². The van der Waals surface area contributed by atoms with Crippen molar-refractivity contribution in [2.45, 2.75) is 26.2 Å². The van der Waals surface area contributed by atoms with Crippen molar-refractivity contribution in [3.8, 4) is 0 Å². The molecule has 1 aliphatic rings. The van der Waals surface area contributed by atoms with Gasteiger partial charge in [0.1, 0.15) is 0 Å². The largest absolute Gasteiger partial charge is 0.380 e. The minimum absolute atomic E-state index is 0.217. The van der Waals surface area contributed by atoms with Gasteiger partial charge in [0, 0.05) is 28.8 Å². The van der Waals surface area contributed by atoms with Crippen molar-refractivity contribution in [1.29, 1.82) is 0 Å². The average molecular weight is 359 g/mol. The summed E-state index contributed by atoms with van der Waals surface area (Å²) in [7, 11) is 0. The van der Waals surface area contributed by atoms with Gasteiger partial charge in [0.15, 0.2) is 0 Å². The molecular formula is C14H18INO2. The van der Waals surface area contributed by atoms with E-state index in [1.807, 2.05) is 11.8 Å². The molecule has 0 atom stereocenters. The van der Waals surface area contributed by atoms with E-state index in [-0.39, 0.29) is 5.91 Å². The Morgan fingerprint density at radius 2 is 2.22 bits per heavy atom. The van der Waals surface area contributed by atoms with Crippen molar-refractivity contribution >= 4 is 34.2 Å². The van der Waals surface area contributed by atoms with Crippen LogP contribution >= 0.6 is 22.6 Å². The van der Waals surface area contributed by atoms with E-state index < -0.39 is 0 Å². The molecule has 4 heteroatoms. The lowest BCUT2D eigenvalue weighted by Gasteiger charge is -2.23. The number of fused-ring (bicyclic) bond motifs is 1. The van der Waals surface area contributed by atoms with Gasteiger partial charge < -0.3 is 9.64 Å². The van der Waals surface area contributed by atoms with E-state index in [9.17, 15) is 4.79 Å². The van der Waals surface area contributed by atoms with E-state index in [2.05, 4.69) is 40.8 Å². The van der Waals surface area contributed by atoms with Crippen molar-refractivity contribution in [2.75, 3.05) is 24.7 Å². The summed E-state index contributed by atoms with van der Waals surface area (Å²) in [5.41, 5.74) is 2.35. The normalized spacial score (nSPS) is 15.4. The number of carbonyl (C=O) groups is 1. The summed E-state index contributed by atoms with van der Waals surface area (Å²) in [5, 5.41) is 0. The van der Waals surface area contributed by atoms with Gasteiger partial charge in [0.2, 0.25) is 5.91 Å². The smallest absolute Gasteiger partial charge is 0.227 e. The van der Waals surface area contributed by atoms with Gasteiger partial charge in [0.05, 0.1) is 6.61 Å². The quantitative estimate of drug-likeness (QED) is 0.611. The molecule has 0 bridgehead atoms. The van der Waals surface area contributed by atoms with E-state index in [4.69, 9.17) is 4.74 Å². The third-order valence-electron chi connectivity index (χ3n) is 3.13. The average Bonchev–Trinajstić information content (AvgIpc) is 2.49. The zero-order chi connectivity index (χ0) is 13.0. The van der Waals surface area contributed by atoms with Gasteiger partial charge in [0.25, 0.3) is 0 Å².